The molecule has 1 rings (SSSR count). The van der Waals surface area contributed by atoms with E-state index in [4.69, 9.17) is 9.47 Å². The molecule has 0 unspecified atom stereocenters. The fraction of sp³-hybridized carbons (Fsp3) is 0.455. The summed E-state index contributed by atoms with van der Waals surface area (Å²) in [5.74, 6) is 0. The van der Waals surface area contributed by atoms with E-state index in [1.54, 1.807) is 14.0 Å². The van der Waals surface area contributed by atoms with Crippen LogP contribution in [0.25, 0.3) is 0 Å². The number of aliphatic hydroxyl groups excluding tert-OH is 1. The van der Waals surface area contributed by atoms with Crippen LogP contribution < -0.4 is 0 Å². The van der Waals surface area contributed by atoms with Gasteiger partial charge in [0.15, 0.2) is 0 Å². The molecule has 0 radical (unpaired) electrons. The molecular formula is C11H15IO3. The van der Waals surface area contributed by atoms with Crippen molar-refractivity contribution in [1.82, 2.24) is 0 Å². The number of hydrogen-bond acceptors (Lipinski definition) is 3. The molecule has 0 bridgehead atoms. The van der Waals surface area contributed by atoms with Crippen LogP contribution in [-0.4, -0.2) is 25.1 Å². The third-order valence-electron chi connectivity index (χ3n) is 2.02. The minimum Gasteiger partial charge on any atom is -0.390 e. The quantitative estimate of drug-likeness (QED) is 0.668. The highest BCUT2D eigenvalue weighted by Gasteiger charge is 2.19. The first kappa shape index (κ1) is 12.9. The summed E-state index contributed by atoms with van der Waals surface area (Å²) in [6.45, 7) is 1.89. The van der Waals surface area contributed by atoms with Crippen molar-refractivity contribution in [2.75, 3.05) is 13.9 Å². The zero-order chi connectivity index (χ0) is 11.3. The summed E-state index contributed by atoms with van der Waals surface area (Å²) in [7, 11) is 1.56. The van der Waals surface area contributed by atoms with Gasteiger partial charge in [-0.1, -0.05) is 18.2 Å². The Hall–Kier alpha value is -0.170. The normalized spacial score (nSPS) is 14.9. The molecule has 0 heterocycles. The summed E-state index contributed by atoms with van der Waals surface area (Å²) >= 11 is 2.23. The zero-order valence-electron chi connectivity index (χ0n) is 8.81. The molecule has 0 aliphatic heterocycles. The summed E-state index contributed by atoms with van der Waals surface area (Å²) in [6, 6.07) is 7.83. The van der Waals surface area contributed by atoms with Gasteiger partial charge in [0, 0.05) is 10.7 Å². The topological polar surface area (TPSA) is 38.7 Å². The Balaban J connectivity index is 2.84. The van der Waals surface area contributed by atoms with E-state index in [1.807, 2.05) is 24.3 Å². The fourth-order valence-corrected chi connectivity index (χ4v) is 2.03. The third kappa shape index (κ3) is 3.71. The number of rotatable bonds is 5. The summed E-state index contributed by atoms with van der Waals surface area (Å²) in [6.07, 6.45) is -0.894. The van der Waals surface area contributed by atoms with E-state index in [1.165, 1.54) is 0 Å². The smallest absolute Gasteiger partial charge is 0.147 e. The molecule has 4 heteroatoms. The molecule has 0 amide bonds. The van der Waals surface area contributed by atoms with Crippen molar-refractivity contribution in [3.8, 4) is 0 Å². The lowest BCUT2D eigenvalue weighted by atomic mass is 10.1. The van der Waals surface area contributed by atoms with Gasteiger partial charge in [-0.15, -0.1) is 0 Å². The maximum absolute atomic E-state index is 9.63. The molecule has 0 spiro atoms. The molecule has 0 aliphatic rings. The van der Waals surface area contributed by atoms with Crippen LogP contribution in [0.15, 0.2) is 24.3 Å². The first-order valence-electron chi connectivity index (χ1n) is 4.70. The Kier molecular flexibility index (Phi) is 5.52. The van der Waals surface area contributed by atoms with Gasteiger partial charge in [0.25, 0.3) is 0 Å². The number of ether oxygens (including phenoxy) is 2. The van der Waals surface area contributed by atoms with Crippen molar-refractivity contribution in [3.05, 3.63) is 33.4 Å². The first-order chi connectivity index (χ1) is 7.16. The van der Waals surface area contributed by atoms with Crippen LogP contribution in [0.4, 0.5) is 0 Å². The minimum atomic E-state index is -0.559. The number of methoxy groups -OCH3 is 1. The average Bonchev–Trinajstić information content (AvgIpc) is 2.20. The van der Waals surface area contributed by atoms with E-state index in [0.717, 1.165) is 9.13 Å². The van der Waals surface area contributed by atoms with Gasteiger partial charge >= 0.3 is 0 Å². The van der Waals surface area contributed by atoms with Gasteiger partial charge in [-0.2, -0.15) is 0 Å². The van der Waals surface area contributed by atoms with E-state index >= 15 is 0 Å². The second-order valence-corrected chi connectivity index (χ2v) is 4.42. The van der Waals surface area contributed by atoms with Gasteiger partial charge in [-0.25, -0.2) is 0 Å². The standard InChI is InChI=1S/C11H15IO3/c1-8(13)11(15-7-14-2)9-5-3-4-6-10(9)12/h3-6,8,11,13H,7H2,1-2H3/t8-,11+/m1/s1. The van der Waals surface area contributed by atoms with E-state index in [9.17, 15) is 5.11 Å². The molecule has 0 aliphatic carbocycles. The van der Waals surface area contributed by atoms with Crippen molar-refractivity contribution in [3.63, 3.8) is 0 Å². The van der Waals surface area contributed by atoms with Crippen LogP contribution in [0.3, 0.4) is 0 Å². The van der Waals surface area contributed by atoms with E-state index in [0.29, 0.717) is 0 Å². The van der Waals surface area contributed by atoms with Crippen LogP contribution in [0, 0.1) is 3.57 Å². The predicted octanol–water partition coefficient (Wildman–Crippen LogP) is 2.33. The summed E-state index contributed by atoms with van der Waals surface area (Å²) in [5.41, 5.74) is 0.991. The van der Waals surface area contributed by atoms with Gasteiger partial charge in [0.05, 0.1) is 6.10 Å². The van der Waals surface area contributed by atoms with E-state index < -0.39 is 6.10 Å². The van der Waals surface area contributed by atoms with Crippen LogP contribution in [0.5, 0.6) is 0 Å². The molecule has 15 heavy (non-hydrogen) atoms. The molecule has 0 saturated carbocycles. The van der Waals surface area contributed by atoms with Crippen LogP contribution >= 0.6 is 22.6 Å². The average molecular weight is 322 g/mol. The summed E-state index contributed by atoms with van der Waals surface area (Å²) < 4.78 is 11.4. The van der Waals surface area contributed by atoms with E-state index in [-0.39, 0.29) is 12.9 Å². The summed E-state index contributed by atoms with van der Waals surface area (Å²) in [4.78, 5) is 0. The number of aliphatic hydroxyl groups is 1. The molecule has 1 aromatic rings. The molecule has 2 atom stereocenters. The molecule has 1 aromatic carbocycles. The lowest BCUT2D eigenvalue weighted by molar-refractivity contribution is -0.110. The van der Waals surface area contributed by atoms with Crippen LogP contribution in [-0.2, 0) is 9.47 Å². The van der Waals surface area contributed by atoms with Gasteiger partial charge in [-0.05, 0) is 41.1 Å². The second-order valence-electron chi connectivity index (χ2n) is 3.26. The molecule has 0 saturated heterocycles. The van der Waals surface area contributed by atoms with Crippen molar-refractivity contribution in [2.24, 2.45) is 0 Å². The Bertz CT molecular complexity index is 302. The van der Waals surface area contributed by atoms with Crippen LogP contribution in [0.1, 0.15) is 18.6 Å². The first-order valence-corrected chi connectivity index (χ1v) is 5.77. The Morgan fingerprint density at radius 2 is 2.07 bits per heavy atom. The zero-order valence-corrected chi connectivity index (χ0v) is 11.0. The van der Waals surface area contributed by atoms with Gasteiger partial charge in [0.1, 0.15) is 12.9 Å². The molecule has 1 N–H and O–H groups in total. The van der Waals surface area contributed by atoms with E-state index in [2.05, 4.69) is 22.6 Å². The Morgan fingerprint density at radius 1 is 1.40 bits per heavy atom. The highest BCUT2D eigenvalue weighted by Crippen LogP contribution is 2.25. The van der Waals surface area contributed by atoms with Crippen LogP contribution in [0.2, 0.25) is 0 Å². The van der Waals surface area contributed by atoms with Gasteiger partial charge < -0.3 is 14.6 Å². The lowest BCUT2D eigenvalue weighted by Crippen LogP contribution is -2.20. The molecule has 0 aromatic heterocycles. The Morgan fingerprint density at radius 3 is 2.60 bits per heavy atom. The number of benzene rings is 1. The largest absolute Gasteiger partial charge is 0.390 e. The van der Waals surface area contributed by atoms with Crippen molar-refractivity contribution in [2.45, 2.75) is 19.1 Å². The van der Waals surface area contributed by atoms with Crippen molar-refractivity contribution >= 4 is 22.6 Å². The maximum atomic E-state index is 9.63. The van der Waals surface area contributed by atoms with Gasteiger partial charge in [0.2, 0.25) is 0 Å². The highest BCUT2D eigenvalue weighted by molar-refractivity contribution is 14.1. The number of hydrogen-bond donors (Lipinski definition) is 1. The monoisotopic (exact) mass is 322 g/mol. The third-order valence-corrected chi connectivity index (χ3v) is 3.00. The second kappa shape index (κ2) is 6.42. The van der Waals surface area contributed by atoms with Gasteiger partial charge in [-0.3, -0.25) is 0 Å². The predicted molar refractivity (Wildman–Crippen MR) is 66.5 cm³/mol. The highest BCUT2D eigenvalue weighted by atomic mass is 127. The fourth-order valence-electron chi connectivity index (χ4n) is 1.34. The molecular weight excluding hydrogens is 307 g/mol. The molecule has 84 valence electrons. The SMILES string of the molecule is COCO[C@H](c1ccccc1I)[C@@H](C)O. The maximum Gasteiger partial charge on any atom is 0.147 e. The molecule has 3 nitrogen and oxygen atoms in total. The summed E-state index contributed by atoms with van der Waals surface area (Å²) in [5, 5.41) is 9.63. The number of halogens is 1. The molecule has 0 fully saturated rings. The Labute approximate surface area is 104 Å². The van der Waals surface area contributed by atoms with Crippen molar-refractivity contribution in [1.29, 1.82) is 0 Å². The minimum absolute atomic E-state index is 0.181. The lowest BCUT2D eigenvalue weighted by Gasteiger charge is -2.21. The van der Waals surface area contributed by atoms with Crippen molar-refractivity contribution < 1.29 is 14.6 Å².